The summed E-state index contributed by atoms with van der Waals surface area (Å²) in [6.45, 7) is 4.01. The zero-order valence-corrected chi connectivity index (χ0v) is 9.05. The number of rotatable bonds is 5. The van der Waals surface area contributed by atoms with Crippen molar-refractivity contribution < 1.29 is 4.79 Å². The molecule has 0 N–H and O–H groups in total. The number of benzene rings is 1. The maximum absolute atomic E-state index is 11.1. The summed E-state index contributed by atoms with van der Waals surface area (Å²) in [5.74, 6) is 0.372. The van der Waals surface area contributed by atoms with E-state index in [-0.39, 0.29) is 0 Å². The molecule has 0 aliphatic heterocycles. The van der Waals surface area contributed by atoms with Crippen molar-refractivity contribution >= 4 is 5.78 Å². The molecule has 0 saturated heterocycles. The van der Waals surface area contributed by atoms with Gasteiger partial charge in [-0.3, -0.25) is 4.79 Å². The average Bonchev–Trinajstić information content (AvgIpc) is 2.21. The van der Waals surface area contributed by atoms with Crippen molar-refractivity contribution in [2.24, 2.45) is 0 Å². The first kappa shape index (κ1) is 11.0. The lowest BCUT2D eigenvalue weighted by molar-refractivity contribution is -0.118. The molecular weight excluding hydrogens is 172 g/mol. The Morgan fingerprint density at radius 1 is 1.21 bits per heavy atom. The van der Waals surface area contributed by atoms with Crippen LogP contribution in [-0.4, -0.2) is 5.78 Å². The monoisotopic (exact) mass is 190 g/mol. The highest BCUT2D eigenvalue weighted by Gasteiger charge is 1.98. The number of hydrogen-bond acceptors (Lipinski definition) is 1. The van der Waals surface area contributed by atoms with E-state index in [1.165, 1.54) is 11.1 Å². The summed E-state index contributed by atoms with van der Waals surface area (Å²) < 4.78 is 0. The quantitative estimate of drug-likeness (QED) is 0.696. The molecule has 1 rings (SSSR count). The SMILES string of the molecule is CCC(=O)CCCc1ccc(C)cc1. The molecular formula is C13H18O. The molecule has 14 heavy (non-hydrogen) atoms. The Bertz CT molecular complexity index is 285. The molecule has 0 fully saturated rings. The highest BCUT2D eigenvalue weighted by molar-refractivity contribution is 5.77. The highest BCUT2D eigenvalue weighted by atomic mass is 16.1. The van der Waals surface area contributed by atoms with Gasteiger partial charge in [-0.2, -0.15) is 0 Å². The van der Waals surface area contributed by atoms with Gasteiger partial charge in [-0.1, -0.05) is 36.8 Å². The van der Waals surface area contributed by atoms with Gasteiger partial charge in [-0.15, -0.1) is 0 Å². The fourth-order valence-electron chi connectivity index (χ4n) is 1.42. The molecule has 0 aliphatic carbocycles. The third-order valence-corrected chi connectivity index (χ3v) is 2.44. The standard InChI is InChI=1S/C13H18O/c1-3-13(14)6-4-5-12-9-7-11(2)8-10-12/h7-10H,3-6H2,1-2H3. The highest BCUT2D eigenvalue weighted by Crippen LogP contribution is 2.07. The first-order chi connectivity index (χ1) is 6.72. The van der Waals surface area contributed by atoms with Gasteiger partial charge in [-0.05, 0) is 25.3 Å². The van der Waals surface area contributed by atoms with E-state index >= 15 is 0 Å². The number of carbonyl (C=O) groups excluding carboxylic acids is 1. The molecule has 1 aromatic carbocycles. The molecule has 0 heterocycles. The largest absolute Gasteiger partial charge is 0.300 e. The molecule has 0 aromatic heterocycles. The predicted molar refractivity (Wildman–Crippen MR) is 59.4 cm³/mol. The van der Waals surface area contributed by atoms with Crippen LogP contribution in [0.2, 0.25) is 0 Å². The number of ketones is 1. The Morgan fingerprint density at radius 3 is 2.43 bits per heavy atom. The summed E-state index contributed by atoms with van der Waals surface area (Å²) in [5, 5.41) is 0. The van der Waals surface area contributed by atoms with Gasteiger partial charge in [0, 0.05) is 12.8 Å². The van der Waals surface area contributed by atoms with Crippen molar-refractivity contribution in [2.45, 2.75) is 39.5 Å². The van der Waals surface area contributed by atoms with Gasteiger partial charge in [0.15, 0.2) is 0 Å². The molecule has 0 aliphatic rings. The molecule has 1 heteroatoms. The number of carbonyl (C=O) groups is 1. The maximum atomic E-state index is 11.1. The van der Waals surface area contributed by atoms with E-state index < -0.39 is 0 Å². The van der Waals surface area contributed by atoms with Gasteiger partial charge in [0.05, 0.1) is 0 Å². The predicted octanol–water partition coefficient (Wildman–Crippen LogP) is 3.30. The minimum Gasteiger partial charge on any atom is -0.300 e. The summed E-state index contributed by atoms with van der Waals surface area (Å²) in [6.07, 6.45) is 3.40. The van der Waals surface area contributed by atoms with Crippen molar-refractivity contribution in [1.29, 1.82) is 0 Å². The third-order valence-electron chi connectivity index (χ3n) is 2.44. The fraction of sp³-hybridized carbons (Fsp3) is 0.462. The van der Waals surface area contributed by atoms with Crippen molar-refractivity contribution in [2.75, 3.05) is 0 Å². The zero-order valence-electron chi connectivity index (χ0n) is 9.05. The van der Waals surface area contributed by atoms with Crippen LogP contribution < -0.4 is 0 Å². The van der Waals surface area contributed by atoms with Gasteiger partial charge in [-0.25, -0.2) is 0 Å². The number of hydrogen-bond donors (Lipinski definition) is 0. The van der Waals surface area contributed by atoms with Crippen molar-refractivity contribution in [3.8, 4) is 0 Å². The molecule has 1 nitrogen and oxygen atoms in total. The Labute approximate surface area is 86.1 Å². The Balaban J connectivity index is 2.31. The van der Waals surface area contributed by atoms with Crippen molar-refractivity contribution in [3.63, 3.8) is 0 Å². The normalized spacial score (nSPS) is 10.1. The molecule has 0 spiro atoms. The summed E-state index contributed by atoms with van der Waals surface area (Å²) >= 11 is 0. The van der Waals surface area contributed by atoms with Gasteiger partial charge < -0.3 is 0 Å². The van der Waals surface area contributed by atoms with E-state index in [4.69, 9.17) is 0 Å². The molecule has 76 valence electrons. The average molecular weight is 190 g/mol. The van der Waals surface area contributed by atoms with E-state index in [1.54, 1.807) is 0 Å². The summed E-state index contributed by atoms with van der Waals surface area (Å²) in [6, 6.07) is 8.53. The molecule has 0 atom stereocenters. The van der Waals surface area contributed by atoms with Crippen LogP contribution in [0.4, 0.5) is 0 Å². The van der Waals surface area contributed by atoms with Crippen LogP contribution in [0.1, 0.15) is 37.3 Å². The van der Waals surface area contributed by atoms with Crippen LogP contribution in [0, 0.1) is 6.92 Å². The second kappa shape index (κ2) is 5.58. The summed E-state index contributed by atoms with van der Waals surface area (Å²) in [5.41, 5.74) is 2.62. The van der Waals surface area contributed by atoms with E-state index in [0.29, 0.717) is 12.2 Å². The first-order valence-electron chi connectivity index (χ1n) is 5.29. The maximum Gasteiger partial charge on any atom is 0.132 e. The smallest absolute Gasteiger partial charge is 0.132 e. The summed E-state index contributed by atoms with van der Waals surface area (Å²) in [4.78, 5) is 11.1. The van der Waals surface area contributed by atoms with Crippen LogP contribution in [0.25, 0.3) is 0 Å². The Hall–Kier alpha value is -1.11. The molecule has 0 bridgehead atoms. The fourth-order valence-corrected chi connectivity index (χ4v) is 1.42. The zero-order chi connectivity index (χ0) is 10.4. The van der Waals surface area contributed by atoms with Crippen LogP contribution >= 0.6 is 0 Å². The van der Waals surface area contributed by atoms with Gasteiger partial charge >= 0.3 is 0 Å². The van der Waals surface area contributed by atoms with Crippen LogP contribution in [0.5, 0.6) is 0 Å². The van der Waals surface area contributed by atoms with E-state index in [1.807, 2.05) is 6.92 Å². The second-order valence-electron chi connectivity index (χ2n) is 3.73. The second-order valence-corrected chi connectivity index (χ2v) is 3.73. The van der Waals surface area contributed by atoms with Gasteiger partial charge in [0.25, 0.3) is 0 Å². The lowest BCUT2D eigenvalue weighted by Crippen LogP contribution is -1.96. The lowest BCUT2D eigenvalue weighted by atomic mass is 10.0. The molecule has 1 aromatic rings. The van der Waals surface area contributed by atoms with Gasteiger partial charge in [0.1, 0.15) is 5.78 Å². The Morgan fingerprint density at radius 2 is 1.86 bits per heavy atom. The number of aryl methyl sites for hydroxylation is 2. The number of Topliss-reactive ketones (excluding diaryl/α,β-unsaturated/α-hetero) is 1. The van der Waals surface area contributed by atoms with E-state index in [9.17, 15) is 4.79 Å². The molecule has 0 unspecified atom stereocenters. The van der Waals surface area contributed by atoms with Crippen LogP contribution in [0.3, 0.4) is 0 Å². The topological polar surface area (TPSA) is 17.1 Å². The van der Waals surface area contributed by atoms with Crippen LogP contribution in [0.15, 0.2) is 24.3 Å². The molecule has 0 amide bonds. The van der Waals surface area contributed by atoms with Crippen molar-refractivity contribution in [3.05, 3.63) is 35.4 Å². The van der Waals surface area contributed by atoms with Crippen LogP contribution in [-0.2, 0) is 11.2 Å². The van der Waals surface area contributed by atoms with E-state index in [2.05, 4.69) is 31.2 Å². The summed E-state index contributed by atoms with van der Waals surface area (Å²) in [7, 11) is 0. The first-order valence-corrected chi connectivity index (χ1v) is 5.29. The molecule has 0 saturated carbocycles. The van der Waals surface area contributed by atoms with Gasteiger partial charge in [0.2, 0.25) is 0 Å². The minimum absolute atomic E-state index is 0.372. The van der Waals surface area contributed by atoms with Crippen molar-refractivity contribution in [1.82, 2.24) is 0 Å². The minimum atomic E-state index is 0.372. The van der Waals surface area contributed by atoms with E-state index in [0.717, 1.165) is 19.3 Å². The molecule has 0 radical (unpaired) electrons. The Kier molecular flexibility index (Phi) is 4.37. The third kappa shape index (κ3) is 3.73. The lowest BCUT2D eigenvalue weighted by Gasteiger charge is -2.01.